The Labute approximate surface area is 214 Å². The Balaban J connectivity index is 0.00000729. The van der Waals surface area contributed by atoms with Crippen LogP contribution < -0.4 is 56.1 Å². The molecule has 0 aliphatic heterocycles. The molecule has 0 heterocycles. The molecule has 0 aliphatic carbocycles. The van der Waals surface area contributed by atoms with Crippen molar-refractivity contribution in [2.24, 2.45) is 0 Å². The number of unbranched alkanes of at least 4 members (excludes halogenated alkanes) is 9. The maximum absolute atomic E-state index is 10.4. The van der Waals surface area contributed by atoms with E-state index in [0.29, 0.717) is 0 Å². The molecule has 1 aromatic rings. The van der Waals surface area contributed by atoms with Gasteiger partial charge in [-0.2, -0.15) is 0 Å². The first kappa shape index (κ1) is 28.5. The molecule has 1 rings (SSSR count). The number of ether oxygens (including phenoxy) is 2. The molecule has 28 heavy (non-hydrogen) atoms. The van der Waals surface area contributed by atoms with Gasteiger partial charge in [-0.25, -0.2) is 8.42 Å². The first-order chi connectivity index (χ1) is 13.0. The van der Waals surface area contributed by atoms with Gasteiger partial charge in [0.2, 0.25) is 0 Å². The summed E-state index contributed by atoms with van der Waals surface area (Å²) in [7, 11) is -4.32. The molecule has 0 bridgehead atoms. The molecule has 0 saturated carbocycles. The summed E-state index contributed by atoms with van der Waals surface area (Å²) in [6.45, 7) is 2.54. The second-order valence-corrected chi connectivity index (χ2v) is 8.36. The van der Waals surface area contributed by atoms with Gasteiger partial charge in [0.1, 0.15) is 28.4 Å². The minimum absolute atomic E-state index is 0. The monoisotopic (exact) mass is 438 g/mol. The quantitative estimate of drug-likeness (QED) is 0.211. The molecule has 0 N–H and O–H groups in total. The average molecular weight is 439 g/mol. The Morgan fingerprint density at radius 2 is 1.36 bits per heavy atom. The number of hydrogen-bond donors (Lipinski definition) is 0. The van der Waals surface area contributed by atoms with Crippen molar-refractivity contribution in [1.82, 2.24) is 0 Å². The van der Waals surface area contributed by atoms with Crippen molar-refractivity contribution in [2.45, 2.75) is 77.6 Å². The fourth-order valence-electron chi connectivity index (χ4n) is 2.95. The van der Waals surface area contributed by atoms with Crippen molar-refractivity contribution in [3.8, 4) is 5.75 Å². The van der Waals surface area contributed by atoms with E-state index in [4.69, 9.17) is 9.47 Å². The Morgan fingerprint density at radius 3 is 1.89 bits per heavy atom. The van der Waals surface area contributed by atoms with Crippen LogP contribution in [0.4, 0.5) is 0 Å². The van der Waals surface area contributed by atoms with Crippen LogP contribution in [0, 0.1) is 0 Å². The average Bonchev–Trinajstić information content (AvgIpc) is 2.63. The van der Waals surface area contributed by atoms with Crippen LogP contribution in [0.5, 0.6) is 5.75 Å². The number of benzene rings is 1. The zero-order valence-corrected chi connectivity index (χ0v) is 21.6. The number of aryl methyl sites for hydroxylation is 1. The summed E-state index contributed by atoms with van der Waals surface area (Å²) < 4.78 is 41.4. The molecule has 0 radical (unpaired) electrons. The largest absolute Gasteiger partial charge is 1.00 e. The number of rotatable bonds is 17. The van der Waals surface area contributed by atoms with Gasteiger partial charge in [0.25, 0.3) is 0 Å². The van der Waals surface area contributed by atoms with Crippen LogP contribution in [0.1, 0.15) is 76.7 Å². The summed E-state index contributed by atoms with van der Waals surface area (Å²) in [5.41, 5.74) is 1.30. The maximum atomic E-state index is 10.4. The van der Waals surface area contributed by atoms with Crippen molar-refractivity contribution in [1.29, 1.82) is 0 Å². The van der Waals surface area contributed by atoms with Crippen molar-refractivity contribution in [3.63, 3.8) is 0 Å². The molecule has 0 fully saturated rings. The smallest absolute Gasteiger partial charge is 0.746 e. The van der Waals surface area contributed by atoms with E-state index in [2.05, 4.69) is 19.1 Å². The molecular weight excluding hydrogens is 403 g/mol. The van der Waals surface area contributed by atoms with E-state index in [1.54, 1.807) is 0 Å². The van der Waals surface area contributed by atoms with Crippen LogP contribution >= 0.6 is 0 Å². The summed E-state index contributed by atoms with van der Waals surface area (Å²) in [5, 5.41) is 0. The predicted molar refractivity (Wildman–Crippen MR) is 108 cm³/mol. The molecular formula is C21H35KO5S. The molecule has 0 atom stereocenters. The minimum Gasteiger partial charge on any atom is -0.746 e. The molecule has 7 heteroatoms. The van der Waals surface area contributed by atoms with E-state index in [1.165, 1.54) is 69.8 Å². The summed E-state index contributed by atoms with van der Waals surface area (Å²) >= 11 is 0. The fraction of sp³-hybridized carbons (Fsp3) is 0.714. The summed E-state index contributed by atoms with van der Waals surface area (Å²) in [5.74, 6) is -0.0934. The minimum atomic E-state index is -4.32. The van der Waals surface area contributed by atoms with Crippen molar-refractivity contribution >= 4 is 10.1 Å². The number of hydrogen-bond acceptors (Lipinski definition) is 5. The summed E-state index contributed by atoms with van der Waals surface area (Å²) in [6.07, 6.45) is 14.5. The molecule has 0 aliphatic rings. The Kier molecular flexibility index (Phi) is 18.7. The van der Waals surface area contributed by atoms with Gasteiger partial charge in [-0.3, -0.25) is 0 Å². The van der Waals surface area contributed by atoms with E-state index in [1.807, 2.05) is 12.1 Å². The van der Waals surface area contributed by atoms with Gasteiger partial charge in [-0.15, -0.1) is 0 Å². The fourth-order valence-corrected chi connectivity index (χ4v) is 3.27. The van der Waals surface area contributed by atoms with Gasteiger partial charge in [-0.05, 0) is 30.5 Å². The standard InChI is InChI=1S/C21H36O5S.K/c1-2-3-4-5-6-7-8-9-10-11-12-20-13-15-21(16-14-20)26-18-17-25-19-27(22,23)24;/h13-16H,2-12,17-19H2,1H3,(H,22,23,24);/q;+1/p-1. The topological polar surface area (TPSA) is 75.7 Å². The Bertz CT molecular complexity index is 575. The van der Waals surface area contributed by atoms with Gasteiger partial charge in [0, 0.05) is 0 Å². The van der Waals surface area contributed by atoms with E-state index in [0.717, 1.165) is 12.2 Å². The van der Waals surface area contributed by atoms with E-state index in [-0.39, 0.29) is 64.6 Å². The molecule has 0 aromatic heterocycles. The molecule has 0 saturated heterocycles. The van der Waals surface area contributed by atoms with Crippen LogP contribution in [0.25, 0.3) is 0 Å². The van der Waals surface area contributed by atoms with Gasteiger partial charge in [0.15, 0.2) is 0 Å². The normalized spacial score (nSPS) is 11.2. The molecule has 0 amide bonds. The van der Waals surface area contributed by atoms with Gasteiger partial charge >= 0.3 is 51.4 Å². The van der Waals surface area contributed by atoms with Crippen LogP contribution in [0.2, 0.25) is 0 Å². The summed E-state index contributed by atoms with van der Waals surface area (Å²) in [6, 6.07) is 7.95. The predicted octanol–water partition coefficient (Wildman–Crippen LogP) is 2.05. The van der Waals surface area contributed by atoms with Gasteiger partial charge in [0.05, 0.1) is 6.61 Å². The van der Waals surface area contributed by atoms with Crippen LogP contribution in [0.15, 0.2) is 24.3 Å². The molecule has 156 valence electrons. The summed E-state index contributed by atoms with van der Waals surface area (Å²) in [4.78, 5) is 0. The van der Waals surface area contributed by atoms with Crippen molar-refractivity contribution in [2.75, 3.05) is 19.2 Å². The van der Waals surface area contributed by atoms with E-state index in [9.17, 15) is 13.0 Å². The van der Waals surface area contributed by atoms with E-state index >= 15 is 0 Å². The van der Waals surface area contributed by atoms with Crippen molar-refractivity contribution in [3.05, 3.63) is 29.8 Å². The van der Waals surface area contributed by atoms with Crippen LogP contribution in [-0.2, 0) is 21.3 Å². The third-order valence-electron chi connectivity index (χ3n) is 4.47. The zero-order valence-electron chi connectivity index (χ0n) is 17.7. The Morgan fingerprint density at radius 1 is 0.821 bits per heavy atom. The van der Waals surface area contributed by atoms with E-state index < -0.39 is 16.1 Å². The molecule has 1 aromatic carbocycles. The first-order valence-corrected chi connectivity index (χ1v) is 11.8. The second-order valence-electron chi connectivity index (χ2n) is 7.01. The SMILES string of the molecule is CCCCCCCCCCCCc1ccc(OCCOCS(=O)(=O)[O-])cc1.[K+]. The van der Waals surface area contributed by atoms with Gasteiger partial charge < -0.3 is 14.0 Å². The van der Waals surface area contributed by atoms with Gasteiger partial charge in [-0.1, -0.05) is 76.8 Å². The first-order valence-electron chi connectivity index (χ1n) is 10.2. The Hall–Kier alpha value is 0.526. The van der Waals surface area contributed by atoms with Crippen LogP contribution in [-0.4, -0.2) is 32.1 Å². The molecule has 5 nitrogen and oxygen atoms in total. The van der Waals surface area contributed by atoms with Crippen molar-refractivity contribution < 1.29 is 73.8 Å². The van der Waals surface area contributed by atoms with Crippen LogP contribution in [0.3, 0.4) is 0 Å². The molecule has 0 spiro atoms. The maximum Gasteiger partial charge on any atom is 1.00 e. The second kappa shape index (κ2) is 18.3. The third kappa shape index (κ3) is 17.4. The zero-order chi connectivity index (χ0) is 19.8. The molecule has 0 unspecified atom stereocenters. The third-order valence-corrected chi connectivity index (χ3v) is 4.92.